The fourth-order valence-corrected chi connectivity index (χ4v) is 5.40. The molecule has 0 atom stereocenters. The molecule has 0 amide bonds. The average molecular weight is 481 g/mol. The minimum absolute atomic E-state index is 0.145. The third-order valence-electron chi connectivity index (χ3n) is 5.90. The van der Waals surface area contributed by atoms with Crippen LogP contribution in [0.3, 0.4) is 0 Å². The van der Waals surface area contributed by atoms with Crippen molar-refractivity contribution in [3.8, 4) is 5.69 Å². The summed E-state index contributed by atoms with van der Waals surface area (Å²) in [7, 11) is 1.65. The first kappa shape index (κ1) is 22.2. The second kappa shape index (κ2) is 8.97. The zero-order valence-corrected chi connectivity index (χ0v) is 20.5. The van der Waals surface area contributed by atoms with Crippen molar-refractivity contribution < 1.29 is 9.53 Å². The number of ether oxygens (including phenoxy) is 1. The standard InChI is InChI=1S/C25H25ClN4O2S/c1-14-8-19(13-32-3)29-30(14)22-7-4-16(10-21(22)26)9-20(31)11-18-12-27-25-24(28-15(2)33-25)23(18)17-5-6-17/h4,7-8,10,12,17H,5-6,9,11,13H2,1-3H3. The van der Waals surface area contributed by atoms with E-state index in [9.17, 15) is 4.79 Å². The van der Waals surface area contributed by atoms with Gasteiger partial charge in [0.25, 0.3) is 0 Å². The fraction of sp³-hybridized carbons (Fsp3) is 0.360. The molecule has 0 N–H and O–H groups in total. The van der Waals surface area contributed by atoms with Crippen molar-refractivity contribution >= 4 is 39.1 Å². The summed E-state index contributed by atoms with van der Waals surface area (Å²) in [5.41, 5.74) is 6.73. The van der Waals surface area contributed by atoms with E-state index in [2.05, 4.69) is 10.1 Å². The number of hydrogen-bond acceptors (Lipinski definition) is 6. The lowest BCUT2D eigenvalue weighted by Gasteiger charge is -2.11. The van der Waals surface area contributed by atoms with Gasteiger partial charge in [0.1, 0.15) is 16.1 Å². The molecule has 0 saturated heterocycles. The third-order valence-corrected chi connectivity index (χ3v) is 7.08. The molecule has 3 heterocycles. The largest absolute Gasteiger partial charge is 0.378 e. The van der Waals surface area contributed by atoms with Gasteiger partial charge in [-0.15, -0.1) is 0 Å². The lowest BCUT2D eigenvalue weighted by molar-refractivity contribution is -0.117. The number of aryl methyl sites for hydroxylation is 2. The number of carbonyl (C=O) groups excluding carboxylic acids is 1. The lowest BCUT2D eigenvalue weighted by atomic mass is 9.97. The van der Waals surface area contributed by atoms with Gasteiger partial charge in [-0.25, -0.2) is 14.6 Å². The SMILES string of the molecule is COCc1cc(C)n(-c2ccc(CC(=O)Cc3cnc4sc(C)nc4c3C3CC3)cc2Cl)n1. The zero-order valence-electron chi connectivity index (χ0n) is 18.9. The van der Waals surface area contributed by atoms with E-state index >= 15 is 0 Å². The third kappa shape index (κ3) is 4.58. The molecule has 0 unspecified atom stereocenters. The van der Waals surface area contributed by atoms with Crippen LogP contribution in [0.2, 0.25) is 5.02 Å². The number of Topliss-reactive ketones (excluding diaryl/α,β-unsaturated/α-hetero) is 1. The van der Waals surface area contributed by atoms with E-state index in [1.807, 2.05) is 44.3 Å². The predicted octanol–water partition coefficient (Wildman–Crippen LogP) is 5.53. The Balaban J connectivity index is 1.35. The highest BCUT2D eigenvalue weighted by Gasteiger charge is 2.30. The summed E-state index contributed by atoms with van der Waals surface area (Å²) in [5.74, 6) is 0.653. The Labute approximate surface area is 201 Å². The first-order valence-electron chi connectivity index (χ1n) is 11.0. The number of pyridine rings is 1. The Bertz CT molecular complexity index is 1360. The van der Waals surface area contributed by atoms with Crippen molar-refractivity contribution in [2.75, 3.05) is 7.11 Å². The fourth-order valence-electron chi connectivity index (χ4n) is 4.34. The monoisotopic (exact) mass is 480 g/mol. The maximum absolute atomic E-state index is 13.0. The van der Waals surface area contributed by atoms with Gasteiger partial charge in [0.15, 0.2) is 0 Å². The molecular weight excluding hydrogens is 456 g/mol. The van der Waals surface area contributed by atoms with Gasteiger partial charge >= 0.3 is 0 Å². The number of fused-ring (bicyclic) bond motifs is 1. The summed E-state index contributed by atoms with van der Waals surface area (Å²) < 4.78 is 6.98. The number of carbonyl (C=O) groups is 1. The topological polar surface area (TPSA) is 69.9 Å². The number of rotatable bonds is 8. The van der Waals surface area contributed by atoms with Gasteiger partial charge in [0, 0.05) is 31.8 Å². The van der Waals surface area contributed by atoms with E-state index in [0.717, 1.165) is 56.4 Å². The van der Waals surface area contributed by atoms with Crippen LogP contribution in [0.25, 0.3) is 16.0 Å². The van der Waals surface area contributed by atoms with Gasteiger partial charge in [0.2, 0.25) is 0 Å². The Kier molecular flexibility index (Phi) is 6.03. The van der Waals surface area contributed by atoms with E-state index in [-0.39, 0.29) is 5.78 Å². The summed E-state index contributed by atoms with van der Waals surface area (Å²) in [5, 5.41) is 6.14. The van der Waals surface area contributed by atoms with E-state index in [1.54, 1.807) is 23.1 Å². The summed E-state index contributed by atoms with van der Waals surface area (Å²) in [6, 6.07) is 7.70. The van der Waals surface area contributed by atoms with Crippen molar-refractivity contribution in [1.82, 2.24) is 19.7 Å². The zero-order chi connectivity index (χ0) is 23.1. The lowest BCUT2D eigenvalue weighted by Crippen LogP contribution is -2.09. The van der Waals surface area contributed by atoms with Crippen molar-refractivity contribution in [2.24, 2.45) is 0 Å². The molecule has 0 aliphatic heterocycles. The van der Waals surface area contributed by atoms with Gasteiger partial charge in [-0.1, -0.05) is 29.0 Å². The van der Waals surface area contributed by atoms with Gasteiger partial charge in [-0.05, 0) is 67.5 Å². The van der Waals surface area contributed by atoms with Crippen molar-refractivity contribution in [1.29, 1.82) is 0 Å². The van der Waals surface area contributed by atoms with Crippen LogP contribution in [0.5, 0.6) is 0 Å². The molecule has 6 nitrogen and oxygen atoms in total. The Hall–Kier alpha value is -2.61. The molecule has 3 aromatic heterocycles. The maximum atomic E-state index is 13.0. The van der Waals surface area contributed by atoms with Gasteiger partial charge in [-0.2, -0.15) is 5.10 Å². The highest BCUT2D eigenvalue weighted by molar-refractivity contribution is 7.18. The minimum Gasteiger partial charge on any atom is -0.378 e. The molecule has 0 bridgehead atoms. The summed E-state index contributed by atoms with van der Waals surface area (Å²) in [4.78, 5) is 23.2. The number of aromatic nitrogens is 4. The predicted molar refractivity (Wildman–Crippen MR) is 131 cm³/mol. The Morgan fingerprint density at radius 2 is 2.06 bits per heavy atom. The van der Waals surface area contributed by atoms with Crippen LogP contribution in [0.1, 0.15) is 51.8 Å². The van der Waals surface area contributed by atoms with Crippen molar-refractivity contribution in [2.45, 2.75) is 52.1 Å². The van der Waals surface area contributed by atoms with E-state index < -0.39 is 0 Å². The minimum atomic E-state index is 0.145. The molecule has 1 aromatic carbocycles. The summed E-state index contributed by atoms with van der Waals surface area (Å²) in [6.45, 7) is 4.43. The molecule has 1 fully saturated rings. The second-order valence-electron chi connectivity index (χ2n) is 8.66. The quantitative estimate of drug-likeness (QED) is 0.332. The number of hydrogen-bond donors (Lipinski definition) is 0. The van der Waals surface area contributed by atoms with Gasteiger partial charge in [0.05, 0.1) is 28.0 Å². The molecule has 1 aliphatic carbocycles. The van der Waals surface area contributed by atoms with Crippen LogP contribution in [-0.4, -0.2) is 32.6 Å². The normalized spacial score (nSPS) is 13.7. The summed E-state index contributed by atoms with van der Waals surface area (Å²) >= 11 is 8.20. The number of thiazole rings is 1. The number of nitrogens with zero attached hydrogens (tertiary/aromatic N) is 4. The Morgan fingerprint density at radius 1 is 1.24 bits per heavy atom. The number of halogens is 1. The molecule has 5 rings (SSSR count). The first-order chi connectivity index (χ1) is 15.9. The van der Waals surface area contributed by atoms with E-state index in [0.29, 0.717) is 30.4 Å². The van der Waals surface area contributed by atoms with Crippen LogP contribution < -0.4 is 0 Å². The summed E-state index contributed by atoms with van der Waals surface area (Å²) in [6.07, 6.45) is 4.88. The number of methoxy groups -OCH3 is 1. The number of benzene rings is 1. The molecule has 170 valence electrons. The van der Waals surface area contributed by atoms with Gasteiger partial charge in [-0.3, -0.25) is 4.79 Å². The Morgan fingerprint density at radius 3 is 2.79 bits per heavy atom. The number of ketones is 1. The van der Waals surface area contributed by atoms with Crippen LogP contribution in [0.4, 0.5) is 0 Å². The molecule has 0 spiro atoms. The second-order valence-corrected chi connectivity index (χ2v) is 10.2. The molecule has 4 aromatic rings. The molecule has 8 heteroatoms. The highest BCUT2D eigenvalue weighted by atomic mass is 35.5. The van der Waals surface area contributed by atoms with Gasteiger partial charge < -0.3 is 4.74 Å². The maximum Gasteiger partial charge on any atom is 0.143 e. The van der Waals surface area contributed by atoms with Crippen LogP contribution in [0, 0.1) is 13.8 Å². The van der Waals surface area contributed by atoms with Crippen LogP contribution in [-0.2, 0) is 29.0 Å². The molecule has 0 radical (unpaired) electrons. The first-order valence-corrected chi connectivity index (χ1v) is 12.2. The van der Waals surface area contributed by atoms with Crippen molar-refractivity contribution in [3.05, 3.63) is 68.6 Å². The van der Waals surface area contributed by atoms with E-state index in [1.165, 1.54) is 5.56 Å². The van der Waals surface area contributed by atoms with Crippen LogP contribution in [0.15, 0.2) is 30.5 Å². The molecule has 33 heavy (non-hydrogen) atoms. The average Bonchev–Trinajstić information content (AvgIpc) is 3.43. The smallest absolute Gasteiger partial charge is 0.143 e. The van der Waals surface area contributed by atoms with Crippen molar-refractivity contribution in [3.63, 3.8) is 0 Å². The highest BCUT2D eigenvalue weighted by Crippen LogP contribution is 2.45. The molecule has 1 aliphatic rings. The molecular formula is C25H25ClN4O2S. The molecule has 1 saturated carbocycles. The van der Waals surface area contributed by atoms with E-state index in [4.69, 9.17) is 21.3 Å². The van der Waals surface area contributed by atoms with Crippen LogP contribution >= 0.6 is 22.9 Å².